The van der Waals surface area contributed by atoms with Gasteiger partial charge in [-0.05, 0) is 48.9 Å². The smallest absolute Gasteiger partial charge is 0.0330 e. The highest BCUT2D eigenvalue weighted by Gasteiger charge is 2.43. The van der Waals surface area contributed by atoms with Crippen LogP contribution in [0.5, 0.6) is 0 Å². The van der Waals surface area contributed by atoms with Crippen LogP contribution in [0.3, 0.4) is 0 Å². The van der Waals surface area contributed by atoms with Crippen molar-refractivity contribution in [2.45, 2.75) is 31.2 Å². The number of benzene rings is 3. The lowest BCUT2D eigenvalue weighted by atomic mass is 9.66. The highest BCUT2D eigenvalue weighted by atomic mass is 15.0. The van der Waals surface area contributed by atoms with Crippen molar-refractivity contribution in [1.82, 2.24) is 5.32 Å². The second-order valence-corrected chi connectivity index (χ2v) is 7.60. The van der Waals surface area contributed by atoms with E-state index >= 15 is 0 Å². The third kappa shape index (κ3) is 3.20. The van der Waals surface area contributed by atoms with Crippen molar-refractivity contribution in [1.29, 1.82) is 0 Å². The van der Waals surface area contributed by atoms with Gasteiger partial charge in [-0.2, -0.15) is 0 Å². The van der Waals surface area contributed by atoms with Gasteiger partial charge in [-0.25, -0.2) is 0 Å². The molecule has 2 unspecified atom stereocenters. The van der Waals surface area contributed by atoms with Gasteiger partial charge < -0.3 is 5.32 Å². The number of rotatable bonds is 5. The van der Waals surface area contributed by atoms with E-state index in [2.05, 4.69) is 103 Å². The molecule has 1 aliphatic heterocycles. The fourth-order valence-electron chi connectivity index (χ4n) is 4.66. The van der Waals surface area contributed by atoms with Crippen molar-refractivity contribution in [2.75, 3.05) is 6.54 Å². The molecule has 1 fully saturated rings. The topological polar surface area (TPSA) is 12.0 Å². The zero-order valence-corrected chi connectivity index (χ0v) is 15.4. The summed E-state index contributed by atoms with van der Waals surface area (Å²) in [7, 11) is 0. The Hall–Kier alpha value is -2.38. The van der Waals surface area contributed by atoms with Gasteiger partial charge in [0.05, 0.1) is 0 Å². The van der Waals surface area contributed by atoms with E-state index in [0.717, 1.165) is 13.0 Å². The molecule has 1 N–H and O–H groups in total. The van der Waals surface area contributed by atoms with Crippen LogP contribution >= 0.6 is 0 Å². The van der Waals surface area contributed by atoms with Gasteiger partial charge in [-0.1, -0.05) is 91.0 Å². The van der Waals surface area contributed by atoms with Crippen LogP contribution in [0.2, 0.25) is 0 Å². The Kier molecular flexibility index (Phi) is 4.90. The molecule has 26 heavy (non-hydrogen) atoms. The van der Waals surface area contributed by atoms with Crippen LogP contribution < -0.4 is 5.32 Å². The Bertz CT molecular complexity index is 771. The summed E-state index contributed by atoms with van der Waals surface area (Å²) in [6.07, 6.45) is 2.36. The van der Waals surface area contributed by atoms with E-state index < -0.39 is 0 Å². The van der Waals surface area contributed by atoms with E-state index in [0.29, 0.717) is 12.0 Å². The molecule has 0 aromatic heterocycles. The van der Waals surface area contributed by atoms with Gasteiger partial charge in [0.15, 0.2) is 0 Å². The minimum Gasteiger partial charge on any atom is -0.312 e. The van der Waals surface area contributed by atoms with Crippen LogP contribution in [-0.4, -0.2) is 12.6 Å². The van der Waals surface area contributed by atoms with Crippen molar-refractivity contribution in [3.63, 3.8) is 0 Å². The summed E-state index contributed by atoms with van der Waals surface area (Å²) in [6.45, 7) is 3.51. The maximum Gasteiger partial charge on any atom is 0.0330 e. The normalized spacial score (nSPS) is 20.2. The standard InChI is InChI=1S/C25H27N/c1-25(22-13-7-3-8-14-22,23-15-9-4-10-16-23)24-21(17-18-26-24)19-20-11-5-2-6-12-20/h2-16,21,24,26H,17-19H2,1H3. The Morgan fingerprint density at radius 1 is 0.769 bits per heavy atom. The molecular formula is C25H27N. The van der Waals surface area contributed by atoms with Gasteiger partial charge >= 0.3 is 0 Å². The summed E-state index contributed by atoms with van der Waals surface area (Å²) in [5.74, 6) is 0.628. The lowest BCUT2D eigenvalue weighted by molar-refractivity contribution is 0.323. The molecule has 2 atom stereocenters. The molecule has 0 spiro atoms. The summed E-state index contributed by atoms with van der Waals surface area (Å²) in [6, 6.07) is 33.4. The van der Waals surface area contributed by atoms with E-state index in [9.17, 15) is 0 Å². The molecule has 1 heterocycles. The molecule has 0 amide bonds. The third-order valence-corrected chi connectivity index (χ3v) is 6.06. The molecule has 3 aromatic rings. The quantitative estimate of drug-likeness (QED) is 0.671. The van der Waals surface area contributed by atoms with Crippen LogP contribution in [0.4, 0.5) is 0 Å². The van der Waals surface area contributed by atoms with Gasteiger partial charge in [-0.15, -0.1) is 0 Å². The van der Waals surface area contributed by atoms with E-state index in [1.54, 1.807) is 0 Å². The fourth-order valence-corrected chi connectivity index (χ4v) is 4.66. The predicted molar refractivity (Wildman–Crippen MR) is 109 cm³/mol. The molecule has 1 heteroatoms. The molecule has 0 bridgehead atoms. The van der Waals surface area contributed by atoms with Gasteiger partial charge in [0.25, 0.3) is 0 Å². The average Bonchev–Trinajstić information content (AvgIpc) is 3.18. The first-order valence-corrected chi connectivity index (χ1v) is 9.67. The van der Waals surface area contributed by atoms with E-state index in [-0.39, 0.29) is 5.41 Å². The summed E-state index contributed by atoms with van der Waals surface area (Å²) < 4.78 is 0. The van der Waals surface area contributed by atoms with Crippen LogP contribution in [0.25, 0.3) is 0 Å². The molecule has 3 aromatic carbocycles. The van der Waals surface area contributed by atoms with Gasteiger partial charge in [0.1, 0.15) is 0 Å². The highest BCUT2D eigenvalue weighted by Crippen LogP contribution is 2.41. The lowest BCUT2D eigenvalue weighted by Gasteiger charge is -2.40. The SMILES string of the molecule is CC(c1ccccc1)(c1ccccc1)C1NCCC1Cc1ccccc1. The Labute approximate surface area is 157 Å². The first-order chi connectivity index (χ1) is 12.8. The van der Waals surface area contributed by atoms with Crippen molar-refractivity contribution >= 4 is 0 Å². The Morgan fingerprint density at radius 3 is 1.81 bits per heavy atom. The molecule has 132 valence electrons. The van der Waals surface area contributed by atoms with E-state index in [1.165, 1.54) is 23.1 Å². The molecule has 4 rings (SSSR count). The van der Waals surface area contributed by atoms with Gasteiger partial charge in [0, 0.05) is 11.5 Å². The average molecular weight is 341 g/mol. The fraction of sp³-hybridized carbons (Fsp3) is 0.280. The van der Waals surface area contributed by atoms with Crippen LogP contribution in [-0.2, 0) is 11.8 Å². The second kappa shape index (κ2) is 7.47. The van der Waals surface area contributed by atoms with Crippen LogP contribution in [0.1, 0.15) is 30.0 Å². The molecule has 0 saturated carbocycles. The van der Waals surface area contributed by atoms with E-state index in [1.807, 2.05) is 0 Å². The Morgan fingerprint density at radius 2 is 1.27 bits per heavy atom. The largest absolute Gasteiger partial charge is 0.312 e. The summed E-state index contributed by atoms with van der Waals surface area (Å²) in [4.78, 5) is 0. The number of hydrogen-bond donors (Lipinski definition) is 1. The molecule has 0 aliphatic carbocycles. The lowest BCUT2D eigenvalue weighted by Crippen LogP contribution is -2.47. The zero-order chi connectivity index (χ0) is 17.8. The first kappa shape index (κ1) is 17.1. The maximum atomic E-state index is 3.86. The number of nitrogens with one attached hydrogen (secondary N) is 1. The zero-order valence-electron chi connectivity index (χ0n) is 15.4. The summed E-state index contributed by atoms with van der Waals surface area (Å²) >= 11 is 0. The molecule has 1 saturated heterocycles. The van der Waals surface area contributed by atoms with E-state index in [4.69, 9.17) is 0 Å². The predicted octanol–water partition coefficient (Wildman–Crippen LogP) is 5.21. The molecular weight excluding hydrogens is 314 g/mol. The van der Waals surface area contributed by atoms with Crippen molar-refractivity contribution in [3.05, 3.63) is 108 Å². The van der Waals surface area contributed by atoms with Gasteiger partial charge in [0.2, 0.25) is 0 Å². The minimum absolute atomic E-state index is 0.0432. The Balaban J connectivity index is 1.74. The maximum absolute atomic E-state index is 3.86. The number of hydrogen-bond acceptors (Lipinski definition) is 1. The third-order valence-electron chi connectivity index (χ3n) is 6.06. The summed E-state index contributed by atoms with van der Waals surface area (Å²) in [5, 5.41) is 3.86. The summed E-state index contributed by atoms with van der Waals surface area (Å²) in [5.41, 5.74) is 4.18. The molecule has 0 radical (unpaired) electrons. The van der Waals surface area contributed by atoms with Crippen LogP contribution in [0, 0.1) is 5.92 Å². The van der Waals surface area contributed by atoms with Crippen LogP contribution in [0.15, 0.2) is 91.0 Å². The second-order valence-electron chi connectivity index (χ2n) is 7.60. The molecule has 1 aliphatic rings. The van der Waals surface area contributed by atoms with Crippen molar-refractivity contribution in [3.8, 4) is 0 Å². The van der Waals surface area contributed by atoms with Crippen molar-refractivity contribution in [2.24, 2.45) is 5.92 Å². The molecule has 1 nitrogen and oxygen atoms in total. The monoisotopic (exact) mass is 341 g/mol. The highest BCUT2D eigenvalue weighted by molar-refractivity contribution is 5.41. The van der Waals surface area contributed by atoms with Crippen molar-refractivity contribution < 1.29 is 0 Å². The van der Waals surface area contributed by atoms with Gasteiger partial charge in [-0.3, -0.25) is 0 Å². The minimum atomic E-state index is -0.0432. The first-order valence-electron chi connectivity index (χ1n) is 9.67.